The highest BCUT2D eigenvalue weighted by Gasteiger charge is 2.19. The lowest BCUT2D eigenvalue weighted by molar-refractivity contribution is -0.167. The van der Waals surface area contributed by atoms with Crippen molar-refractivity contribution in [1.29, 1.82) is 0 Å². The van der Waals surface area contributed by atoms with Crippen molar-refractivity contribution < 1.29 is 28.6 Å². The van der Waals surface area contributed by atoms with E-state index in [1.807, 2.05) is 0 Å². The van der Waals surface area contributed by atoms with Crippen LogP contribution in [0, 0.1) is 0 Å². The fourth-order valence-electron chi connectivity index (χ4n) is 8.90. The van der Waals surface area contributed by atoms with Crippen LogP contribution in [-0.2, 0) is 28.6 Å². The Bertz CT molecular complexity index is 1280. The SMILES string of the molecule is CC/C=C\C/C=C\C/C=C\CCCCCC(=O)OCC(COC(=O)CCCCCCCCCCCCC/C=C\C/C=C\CCCCCCC)OC(=O)CCCCCCCCCCCCCCCCCCC. The molecule has 1 unspecified atom stereocenters. The predicted octanol–water partition coefficient (Wildman–Crippen LogP) is 20.8. The second-order valence-corrected chi connectivity index (χ2v) is 20.6. The minimum Gasteiger partial charge on any atom is -0.462 e. The molecule has 0 aliphatic carbocycles. The van der Waals surface area contributed by atoms with E-state index >= 15 is 0 Å². The normalized spacial score (nSPS) is 12.4. The Morgan fingerprint density at radius 2 is 0.549 bits per heavy atom. The van der Waals surface area contributed by atoms with Crippen LogP contribution in [0.2, 0.25) is 0 Å². The molecule has 0 aliphatic heterocycles. The van der Waals surface area contributed by atoms with E-state index in [9.17, 15) is 14.4 Å². The third-order valence-electron chi connectivity index (χ3n) is 13.5. The van der Waals surface area contributed by atoms with Crippen LogP contribution in [0.25, 0.3) is 0 Å². The molecule has 0 N–H and O–H groups in total. The van der Waals surface area contributed by atoms with Crippen LogP contribution in [-0.4, -0.2) is 37.2 Å². The lowest BCUT2D eigenvalue weighted by atomic mass is 10.0. The van der Waals surface area contributed by atoms with Gasteiger partial charge < -0.3 is 14.2 Å². The zero-order valence-corrected chi connectivity index (χ0v) is 47.2. The van der Waals surface area contributed by atoms with E-state index < -0.39 is 6.10 Å². The summed E-state index contributed by atoms with van der Waals surface area (Å²) in [5.41, 5.74) is 0. The van der Waals surface area contributed by atoms with E-state index in [1.165, 1.54) is 186 Å². The van der Waals surface area contributed by atoms with Crippen molar-refractivity contribution in [1.82, 2.24) is 0 Å². The molecule has 0 heterocycles. The number of carbonyl (C=O) groups excluding carboxylic acids is 3. The van der Waals surface area contributed by atoms with Crippen LogP contribution in [0.3, 0.4) is 0 Å². The van der Waals surface area contributed by atoms with Gasteiger partial charge in [-0.05, 0) is 83.5 Å². The Morgan fingerprint density at radius 1 is 0.296 bits per heavy atom. The Labute approximate surface area is 440 Å². The summed E-state index contributed by atoms with van der Waals surface area (Å²) in [5, 5.41) is 0. The molecule has 0 saturated carbocycles. The van der Waals surface area contributed by atoms with Crippen LogP contribution in [0.15, 0.2) is 60.8 Å². The third kappa shape index (κ3) is 57.9. The van der Waals surface area contributed by atoms with Gasteiger partial charge in [0.1, 0.15) is 13.2 Å². The number of hydrogen-bond donors (Lipinski definition) is 0. The highest BCUT2D eigenvalue weighted by atomic mass is 16.6. The minimum absolute atomic E-state index is 0.0818. The number of rotatable bonds is 56. The van der Waals surface area contributed by atoms with E-state index in [1.54, 1.807) is 0 Å². The van der Waals surface area contributed by atoms with Gasteiger partial charge >= 0.3 is 17.9 Å². The topological polar surface area (TPSA) is 78.9 Å². The number of hydrogen-bond acceptors (Lipinski definition) is 6. The maximum Gasteiger partial charge on any atom is 0.306 e. The lowest BCUT2D eigenvalue weighted by Crippen LogP contribution is -2.30. The van der Waals surface area contributed by atoms with Gasteiger partial charge in [-0.3, -0.25) is 14.4 Å². The van der Waals surface area contributed by atoms with Crippen molar-refractivity contribution >= 4 is 17.9 Å². The molecule has 0 spiro atoms. The molecule has 0 saturated heterocycles. The fourth-order valence-corrected chi connectivity index (χ4v) is 8.90. The number of esters is 3. The summed E-state index contributed by atoms with van der Waals surface area (Å²) in [7, 11) is 0. The van der Waals surface area contributed by atoms with E-state index in [-0.39, 0.29) is 31.1 Å². The summed E-state index contributed by atoms with van der Waals surface area (Å²) < 4.78 is 16.9. The maximum absolute atomic E-state index is 12.9. The number of carbonyl (C=O) groups is 3. The number of unbranched alkanes of at least 4 members (excludes halogenated alkanes) is 35. The summed E-state index contributed by atoms with van der Waals surface area (Å²) in [6.45, 7) is 6.53. The number of ether oxygens (including phenoxy) is 3. The molecular weight excluding hydrogens is 877 g/mol. The first-order valence-electron chi connectivity index (χ1n) is 30.8. The second kappa shape index (κ2) is 59.7. The molecule has 0 aliphatic rings. The molecule has 0 aromatic rings. The average molecular weight is 994 g/mol. The zero-order chi connectivity index (χ0) is 51.4. The minimum atomic E-state index is -0.785. The van der Waals surface area contributed by atoms with Crippen LogP contribution in [0.5, 0.6) is 0 Å². The van der Waals surface area contributed by atoms with Crippen molar-refractivity contribution in [3.63, 3.8) is 0 Å². The first kappa shape index (κ1) is 68.1. The monoisotopic (exact) mass is 993 g/mol. The first-order valence-corrected chi connectivity index (χ1v) is 30.8. The van der Waals surface area contributed by atoms with Gasteiger partial charge in [0, 0.05) is 19.3 Å². The van der Waals surface area contributed by atoms with Crippen LogP contribution in [0.1, 0.15) is 316 Å². The summed E-state index contributed by atoms with van der Waals surface area (Å²) in [4.78, 5) is 38.2. The molecule has 6 nitrogen and oxygen atoms in total. The van der Waals surface area contributed by atoms with E-state index in [0.717, 1.165) is 89.9 Å². The number of allylic oxidation sites excluding steroid dienone is 10. The van der Waals surface area contributed by atoms with Crippen molar-refractivity contribution in [2.24, 2.45) is 0 Å². The molecule has 0 amide bonds. The van der Waals surface area contributed by atoms with Gasteiger partial charge in [-0.2, -0.15) is 0 Å². The zero-order valence-electron chi connectivity index (χ0n) is 47.2. The molecular formula is C65H116O6. The molecule has 1 atom stereocenters. The smallest absolute Gasteiger partial charge is 0.306 e. The van der Waals surface area contributed by atoms with Crippen molar-refractivity contribution in [3.8, 4) is 0 Å². The van der Waals surface area contributed by atoms with E-state index in [4.69, 9.17) is 14.2 Å². The van der Waals surface area contributed by atoms with Crippen LogP contribution >= 0.6 is 0 Å². The van der Waals surface area contributed by atoms with Gasteiger partial charge in [-0.1, -0.05) is 274 Å². The van der Waals surface area contributed by atoms with Crippen LogP contribution < -0.4 is 0 Å². The average Bonchev–Trinajstić information content (AvgIpc) is 3.37. The Morgan fingerprint density at radius 3 is 0.873 bits per heavy atom. The van der Waals surface area contributed by atoms with Crippen molar-refractivity contribution in [2.45, 2.75) is 322 Å². The summed E-state index contributed by atoms with van der Waals surface area (Å²) >= 11 is 0. The summed E-state index contributed by atoms with van der Waals surface area (Å²) in [6.07, 6.45) is 75.1. The van der Waals surface area contributed by atoms with Gasteiger partial charge in [-0.15, -0.1) is 0 Å². The third-order valence-corrected chi connectivity index (χ3v) is 13.5. The molecule has 0 aromatic heterocycles. The summed E-state index contributed by atoms with van der Waals surface area (Å²) in [5.74, 6) is -0.898. The van der Waals surface area contributed by atoms with Crippen LogP contribution in [0.4, 0.5) is 0 Å². The Balaban J connectivity index is 4.31. The first-order chi connectivity index (χ1) is 35.0. The van der Waals surface area contributed by atoms with Crippen molar-refractivity contribution in [2.75, 3.05) is 13.2 Å². The van der Waals surface area contributed by atoms with Gasteiger partial charge in [-0.25, -0.2) is 0 Å². The largest absolute Gasteiger partial charge is 0.462 e. The molecule has 6 heteroatoms. The maximum atomic E-state index is 12.9. The molecule has 0 fully saturated rings. The molecule has 71 heavy (non-hydrogen) atoms. The molecule has 412 valence electrons. The highest BCUT2D eigenvalue weighted by molar-refractivity contribution is 5.71. The van der Waals surface area contributed by atoms with E-state index in [0.29, 0.717) is 19.3 Å². The molecule has 0 aromatic carbocycles. The van der Waals surface area contributed by atoms with Gasteiger partial charge in [0.2, 0.25) is 0 Å². The predicted molar refractivity (Wildman–Crippen MR) is 307 cm³/mol. The highest BCUT2D eigenvalue weighted by Crippen LogP contribution is 2.17. The summed E-state index contributed by atoms with van der Waals surface area (Å²) in [6, 6.07) is 0. The second-order valence-electron chi connectivity index (χ2n) is 20.6. The molecule has 0 bridgehead atoms. The fraction of sp³-hybridized carbons (Fsp3) is 0.800. The Hall–Kier alpha value is -2.89. The van der Waals surface area contributed by atoms with Gasteiger partial charge in [0.05, 0.1) is 0 Å². The van der Waals surface area contributed by atoms with Crippen molar-refractivity contribution in [3.05, 3.63) is 60.8 Å². The molecule has 0 rings (SSSR count). The molecule has 0 radical (unpaired) electrons. The quantitative estimate of drug-likeness (QED) is 0.0261. The lowest BCUT2D eigenvalue weighted by Gasteiger charge is -2.18. The Kier molecular flexibility index (Phi) is 57.2. The standard InChI is InChI=1S/C65H116O6/c1-4-7-10-13-16-19-22-25-27-29-30-31-32-33-34-36-37-40-43-46-49-52-55-58-64(67)70-61-62(60-69-63(66)57-54-51-48-45-42-39-24-21-18-15-12-9-6-3)71-65(68)59-56-53-50-47-44-41-38-35-28-26-23-20-17-14-11-8-5-2/h9,12,18,21-22,25,29-30,39,42,62H,4-8,10-11,13-17,19-20,23-24,26-28,31-38,40-41,43-61H2,1-3H3/b12-9-,21-18-,25-22-,30-29-,42-39-. The van der Waals surface area contributed by atoms with Gasteiger partial charge in [0.25, 0.3) is 0 Å². The van der Waals surface area contributed by atoms with E-state index in [2.05, 4.69) is 81.5 Å². The van der Waals surface area contributed by atoms with Gasteiger partial charge in [0.15, 0.2) is 6.10 Å².